The Hall–Kier alpha value is -3.66. The second-order valence-corrected chi connectivity index (χ2v) is 9.54. The van der Waals surface area contributed by atoms with Crippen LogP contribution in [-0.2, 0) is 21.5 Å². The van der Waals surface area contributed by atoms with E-state index in [0.717, 1.165) is 52.3 Å². The number of aromatic nitrogens is 1. The van der Waals surface area contributed by atoms with Crippen molar-refractivity contribution in [1.29, 1.82) is 0 Å². The molecule has 2 N–H and O–H groups in total. The van der Waals surface area contributed by atoms with Gasteiger partial charge in [0.05, 0.1) is 5.69 Å². The molecule has 0 saturated carbocycles. The number of fused-ring (bicyclic) bond motifs is 2. The number of hydrogen-bond acceptors (Lipinski definition) is 5. The molecule has 1 aromatic heterocycles. The average Bonchev–Trinajstić information content (AvgIpc) is 3.28. The Bertz CT molecular complexity index is 1340. The number of rotatable bonds is 4. The maximum atomic E-state index is 13.6. The van der Waals surface area contributed by atoms with Crippen molar-refractivity contribution in [2.24, 2.45) is 0 Å². The Labute approximate surface area is 197 Å². The van der Waals surface area contributed by atoms with Gasteiger partial charge < -0.3 is 10.6 Å². The van der Waals surface area contributed by atoms with Gasteiger partial charge >= 0.3 is 6.03 Å². The van der Waals surface area contributed by atoms with Crippen molar-refractivity contribution in [1.82, 2.24) is 15.2 Å². The van der Waals surface area contributed by atoms with Gasteiger partial charge in [0.15, 0.2) is 16.8 Å². The van der Waals surface area contributed by atoms with Gasteiger partial charge in [0.1, 0.15) is 12.1 Å². The molecule has 0 radical (unpaired) electrons. The van der Waals surface area contributed by atoms with Crippen LogP contribution in [0.1, 0.15) is 28.8 Å². The Balaban J connectivity index is 1.33. The lowest BCUT2D eigenvalue weighted by Crippen LogP contribution is -2.47. The normalized spacial score (nSPS) is 19.3. The Morgan fingerprint density at radius 2 is 2.00 bits per heavy atom. The van der Waals surface area contributed by atoms with E-state index in [1.54, 1.807) is 6.92 Å². The molecule has 1 atom stereocenters. The first-order valence-corrected chi connectivity index (χ1v) is 11.6. The summed E-state index contributed by atoms with van der Waals surface area (Å²) >= 11 is 1.16. The van der Waals surface area contributed by atoms with Crippen molar-refractivity contribution < 1.29 is 23.2 Å². The van der Waals surface area contributed by atoms with Crippen LogP contribution in [0.2, 0.25) is 0 Å². The fourth-order valence-electron chi connectivity index (χ4n) is 4.62. The van der Waals surface area contributed by atoms with Gasteiger partial charge in [-0.25, -0.2) is 18.6 Å². The number of thiazole rings is 1. The van der Waals surface area contributed by atoms with Gasteiger partial charge in [-0.3, -0.25) is 14.5 Å². The molecule has 10 heteroatoms. The van der Waals surface area contributed by atoms with E-state index in [-0.39, 0.29) is 5.13 Å². The Kier molecular flexibility index (Phi) is 5.40. The molecule has 174 valence electrons. The molecular formula is C24H20F2N4O3S. The third kappa shape index (κ3) is 3.63. The van der Waals surface area contributed by atoms with Crippen LogP contribution in [0.3, 0.4) is 0 Å². The first kappa shape index (κ1) is 22.1. The van der Waals surface area contributed by atoms with Crippen LogP contribution in [0.4, 0.5) is 18.7 Å². The minimum absolute atomic E-state index is 0.229. The third-order valence-electron chi connectivity index (χ3n) is 6.19. The monoisotopic (exact) mass is 482 g/mol. The number of benzene rings is 2. The number of aryl methyl sites for hydroxylation is 2. The molecule has 7 nitrogen and oxygen atoms in total. The smallest absolute Gasteiger partial charge is 0.319 e. The van der Waals surface area contributed by atoms with E-state index in [1.165, 1.54) is 6.07 Å². The van der Waals surface area contributed by atoms with Crippen LogP contribution in [0.5, 0.6) is 0 Å². The van der Waals surface area contributed by atoms with Crippen LogP contribution in [0, 0.1) is 18.6 Å². The third-order valence-corrected chi connectivity index (χ3v) is 7.07. The number of urea groups is 1. The van der Waals surface area contributed by atoms with Crippen molar-refractivity contribution in [2.45, 2.75) is 31.7 Å². The Morgan fingerprint density at radius 1 is 1.21 bits per heavy atom. The number of halogens is 2. The highest BCUT2D eigenvalue weighted by molar-refractivity contribution is 7.16. The highest BCUT2D eigenvalue weighted by Gasteiger charge is 2.54. The number of nitrogens with zero attached hydrogens (tertiary/aromatic N) is 2. The van der Waals surface area contributed by atoms with Crippen LogP contribution < -0.4 is 10.6 Å². The predicted molar refractivity (Wildman–Crippen MR) is 122 cm³/mol. The molecule has 1 fully saturated rings. The summed E-state index contributed by atoms with van der Waals surface area (Å²) in [5, 5.41) is 5.65. The number of amides is 4. The molecule has 5 rings (SSSR count). The van der Waals surface area contributed by atoms with Gasteiger partial charge in [0.2, 0.25) is 5.91 Å². The summed E-state index contributed by atoms with van der Waals surface area (Å²) < 4.78 is 26.9. The highest BCUT2D eigenvalue weighted by atomic mass is 32.1. The summed E-state index contributed by atoms with van der Waals surface area (Å²) in [4.78, 5) is 44.7. The topological polar surface area (TPSA) is 91.4 Å². The SMILES string of the molecule is Cc1sc(NC(=O)CN2C(=O)NC3(CCCc4ccccc43)C2=O)nc1-c1ccc(F)c(F)c1. The molecule has 2 aromatic carbocycles. The average molecular weight is 483 g/mol. The van der Waals surface area contributed by atoms with Crippen molar-refractivity contribution in [3.8, 4) is 11.3 Å². The lowest BCUT2D eigenvalue weighted by atomic mass is 9.76. The molecule has 1 unspecified atom stereocenters. The summed E-state index contributed by atoms with van der Waals surface area (Å²) in [5.41, 5.74) is 1.42. The van der Waals surface area contributed by atoms with Crippen LogP contribution >= 0.6 is 11.3 Å². The van der Waals surface area contributed by atoms with E-state index < -0.39 is 41.6 Å². The molecule has 0 bridgehead atoms. The molecule has 1 aliphatic carbocycles. The van der Waals surface area contributed by atoms with Crippen molar-refractivity contribution in [2.75, 3.05) is 11.9 Å². The summed E-state index contributed by atoms with van der Waals surface area (Å²) in [6.07, 6.45) is 2.04. The number of nitrogens with one attached hydrogen (secondary N) is 2. The molecular weight excluding hydrogens is 462 g/mol. The highest BCUT2D eigenvalue weighted by Crippen LogP contribution is 2.40. The Morgan fingerprint density at radius 3 is 2.79 bits per heavy atom. The number of carbonyl (C=O) groups is 3. The zero-order valence-electron chi connectivity index (χ0n) is 18.2. The quantitative estimate of drug-likeness (QED) is 0.548. The van der Waals surface area contributed by atoms with Gasteiger partial charge in [-0.2, -0.15) is 0 Å². The zero-order chi connectivity index (χ0) is 24.0. The second kappa shape index (κ2) is 8.28. The molecule has 3 aromatic rings. The van der Waals surface area contributed by atoms with E-state index in [2.05, 4.69) is 15.6 Å². The maximum absolute atomic E-state index is 13.6. The lowest BCUT2D eigenvalue weighted by Gasteiger charge is -2.33. The zero-order valence-corrected chi connectivity index (χ0v) is 19.0. The van der Waals surface area contributed by atoms with E-state index in [9.17, 15) is 23.2 Å². The number of carbonyl (C=O) groups excluding carboxylic acids is 3. The minimum atomic E-state index is -1.15. The maximum Gasteiger partial charge on any atom is 0.325 e. The first-order valence-electron chi connectivity index (χ1n) is 10.7. The molecule has 2 heterocycles. The largest absolute Gasteiger partial charge is 0.325 e. The molecule has 4 amide bonds. The van der Waals surface area contributed by atoms with E-state index in [0.29, 0.717) is 22.6 Å². The molecule has 1 spiro atoms. The van der Waals surface area contributed by atoms with Crippen LogP contribution in [0.15, 0.2) is 42.5 Å². The van der Waals surface area contributed by atoms with Crippen LogP contribution in [0.25, 0.3) is 11.3 Å². The second-order valence-electron chi connectivity index (χ2n) is 8.34. The summed E-state index contributed by atoms with van der Waals surface area (Å²) in [6, 6.07) is 10.4. The van der Waals surface area contributed by atoms with E-state index in [4.69, 9.17) is 0 Å². The molecule has 1 saturated heterocycles. The van der Waals surface area contributed by atoms with Gasteiger partial charge in [-0.05, 0) is 55.5 Å². The fourth-order valence-corrected chi connectivity index (χ4v) is 5.47. The standard InChI is InChI=1S/C24H20F2N4O3S/c1-13-20(15-8-9-17(25)18(26)11-15)28-22(34-13)27-19(31)12-30-21(32)24(29-23(30)33)10-4-6-14-5-2-3-7-16(14)24/h2-3,5,7-9,11H,4,6,10,12H2,1H3,(H,29,33)(H,27,28,31). The van der Waals surface area contributed by atoms with E-state index in [1.807, 2.05) is 24.3 Å². The van der Waals surface area contributed by atoms with Crippen LogP contribution in [-0.4, -0.2) is 34.3 Å². The lowest BCUT2D eigenvalue weighted by molar-refractivity contribution is -0.134. The van der Waals surface area contributed by atoms with Gasteiger partial charge in [-0.15, -0.1) is 11.3 Å². The number of hydrogen-bond donors (Lipinski definition) is 2. The van der Waals surface area contributed by atoms with Crippen molar-refractivity contribution in [3.63, 3.8) is 0 Å². The van der Waals surface area contributed by atoms with Gasteiger partial charge in [0, 0.05) is 10.4 Å². The summed E-state index contributed by atoms with van der Waals surface area (Å²) in [6.45, 7) is 1.28. The molecule has 1 aliphatic heterocycles. The molecule has 2 aliphatic rings. The van der Waals surface area contributed by atoms with Gasteiger partial charge in [-0.1, -0.05) is 24.3 Å². The summed E-state index contributed by atoms with van der Waals surface area (Å²) in [5.74, 6) is -2.99. The van der Waals surface area contributed by atoms with Crippen molar-refractivity contribution in [3.05, 3.63) is 70.1 Å². The predicted octanol–water partition coefficient (Wildman–Crippen LogP) is 4.12. The fraction of sp³-hybridized carbons (Fsp3) is 0.250. The molecule has 34 heavy (non-hydrogen) atoms. The number of anilines is 1. The van der Waals surface area contributed by atoms with E-state index >= 15 is 0 Å². The summed E-state index contributed by atoms with van der Waals surface area (Å²) in [7, 11) is 0. The van der Waals surface area contributed by atoms with Gasteiger partial charge in [0.25, 0.3) is 5.91 Å². The minimum Gasteiger partial charge on any atom is -0.319 e. The van der Waals surface area contributed by atoms with Crippen molar-refractivity contribution >= 4 is 34.3 Å². The number of imide groups is 1. The first-order chi connectivity index (χ1) is 16.3.